The molecule has 0 unspecified atom stereocenters. The van der Waals surface area contributed by atoms with Gasteiger partial charge in [-0.2, -0.15) is 38.8 Å². The number of fused-ring (bicyclic) bond motifs is 1. The summed E-state index contributed by atoms with van der Waals surface area (Å²) < 4.78 is 196. The third-order valence-electron chi connectivity index (χ3n) is 9.03. The Morgan fingerprint density at radius 1 is 0.592 bits per heavy atom. The summed E-state index contributed by atoms with van der Waals surface area (Å²) in [6.07, 6.45) is 0.555. The lowest BCUT2D eigenvalue weighted by Crippen LogP contribution is -2.15. The van der Waals surface area contributed by atoms with Crippen molar-refractivity contribution in [3.8, 4) is 0 Å². The van der Waals surface area contributed by atoms with E-state index >= 15 is 0 Å². The summed E-state index contributed by atoms with van der Waals surface area (Å²) in [6.45, 7) is -2.28. The number of aromatic carboxylic acids is 1. The number of carboxylic acid groups (broad SMARTS) is 1. The Bertz CT molecular complexity index is 3760. The average molecular weight is 1110 g/mol. The lowest BCUT2D eigenvalue weighted by Gasteiger charge is -2.14. The summed E-state index contributed by atoms with van der Waals surface area (Å²) in [5.74, 6) is -3.81. The largest absolute Gasteiger partial charge is 0.479 e. The van der Waals surface area contributed by atoms with Crippen LogP contribution in [-0.4, -0.2) is 111 Å². The Morgan fingerprint density at radius 2 is 1.11 bits per heavy atom. The number of hydrogen-bond donors (Lipinski definition) is 8. The summed E-state index contributed by atoms with van der Waals surface area (Å²) >= 11 is 0. The topological polar surface area (TPSA) is 501 Å². The van der Waals surface area contributed by atoms with Gasteiger partial charge in [-0.25, -0.2) is 30.0 Å². The lowest BCUT2D eigenvalue weighted by atomic mass is 10.1. The van der Waals surface area contributed by atoms with Crippen LogP contribution in [0, 0.1) is 5.41 Å². The van der Waals surface area contributed by atoms with Gasteiger partial charge >= 0.3 is 26.8 Å². The summed E-state index contributed by atoms with van der Waals surface area (Å²) in [6, 6.07) is 11.9. The van der Waals surface area contributed by atoms with E-state index in [4.69, 9.17) is 30.7 Å². The van der Waals surface area contributed by atoms with Crippen molar-refractivity contribution in [1.29, 1.82) is 5.41 Å². The average Bonchev–Trinajstić information content (AvgIpc) is 3.25. The Balaban J connectivity index is 1.71. The Labute approximate surface area is 401 Å². The molecule has 380 valence electrons. The SMILES string of the molecule is N=COCc1ccc(S(=O)(=O)O)c(N=Nc2c(N)c(N=Nc3ccc(S(=O)(=O)CCOS(=O)(=O)O)cc3)c(N)c(N=Nc3ccc4cc(S(=O)(=O)CCOS(=O)(=O)O)ccc4c3S(=O)(=O)O)c2C(=O)O)c1. The molecule has 0 aliphatic heterocycles. The van der Waals surface area contributed by atoms with Crippen molar-refractivity contribution in [2.24, 2.45) is 30.7 Å². The number of sulfone groups is 2. The second kappa shape index (κ2) is 21.3. The molecule has 0 heterocycles. The molecule has 71 heavy (non-hydrogen) atoms. The van der Waals surface area contributed by atoms with E-state index in [-0.39, 0.29) is 28.1 Å². The smallest absolute Gasteiger partial charge is 0.397 e. The Kier molecular flexibility index (Phi) is 16.5. The zero-order valence-electron chi connectivity index (χ0n) is 35.1. The molecule has 0 saturated carbocycles. The summed E-state index contributed by atoms with van der Waals surface area (Å²) in [5, 5.41) is 40.2. The second-order valence-corrected chi connectivity index (χ2v) is 22.9. The maximum absolute atomic E-state index is 13.0. The number of azo groups is 3. The highest BCUT2D eigenvalue weighted by Gasteiger charge is 2.29. The minimum Gasteiger partial charge on any atom is -0.479 e. The Hall–Kier alpha value is -6.84. The number of nitrogen functional groups attached to an aromatic ring is 2. The van der Waals surface area contributed by atoms with Crippen LogP contribution in [0.4, 0.5) is 45.5 Å². The van der Waals surface area contributed by atoms with E-state index in [9.17, 15) is 69.5 Å². The van der Waals surface area contributed by atoms with Crippen LogP contribution in [0.25, 0.3) is 10.8 Å². The van der Waals surface area contributed by atoms with Gasteiger partial charge in [0.1, 0.15) is 50.4 Å². The van der Waals surface area contributed by atoms with Crippen LogP contribution >= 0.6 is 0 Å². The van der Waals surface area contributed by atoms with Crippen LogP contribution in [0.5, 0.6) is 0 Å². The van der Waals surface area contributed by atoms with Gasteiger partial charge in [0.2, 0.25) is 0 Å². The highest BCUT2D eigenvalue weighted by Crippen LogP contribution is 2.50. The second-order valence-electron chi connectivity index (χ2n) is 13.8. The number of hydrogen-bond acceptors (Lipinski definition) is 25. The first-order chi connectivity index (χ1) is 32.8. The number of rotatable bonds is 22. The van der Waals surface area contributed by atoms with Crippen LogP contribution in [0.3, 0.4) is 0 Å². The van der Waals surface area contributed by atoms with Crippen molar-refractivity contribution in [2.75, 3.05) is 36.2 Å². The Morgan fingerprint density at radius 3 is 1.62 bits per heavy atom. The van der Waals surface area contributed by atoms with Gasteiger partial charge in [0, 0.05) is 5.39 Å². The molecule has 30 nitrogen and oxygen atoms in total. The van der Waals surface area contributed by atoms with Gasteiger partial charge in [-0.1, -0.05) is 18.2 Å². The predicted molar refractivity (Wildman–Crippen MR) is 244 cm³/mol. The van der Waals surface area contributed by atoms with E-state index in [0.717, 1.165) is 66.7 Å². The first-order valence-corrected chi connectivity index (χ1v) is 27.5. The number of benzene rings is 5. The summed E-state index contributed by atoms with van der Waals surface area (Å²) in [4.78, 5) is 10.3. The van der Waals surface area contributed by atoms with E-state index in [1.54, 1.807) is 0 Å². The van der Waals surface area contributed by atoms with Gasteiger partial charge in [-0.05, 0) is 65.5 Å². The normalized spacial score (nSPS) is 13.1. The third-order valence-corrected chi connectivity index (χ3v) is 15.2. The first kappa shape index (κ1) is 55.1. The molecule has 5 rings (SSSR count). The molecule has 0 spiro atoms. The molecule has 0 aromatic heterocycles. The molecule has 0 radical (unpaired) electrons. The number of nitrogens with two attached hydrogens (primary N) is 2. The van der Waals surface area contributed by atoms with Crippen LogP contribution < -0.4 is 11.5 Å². The highest BCUT2D eigenvalue weighted by molar-refractivity contribution is 7.91. The molecule has 5 aromatic carbocycles. The maximum Gasteiger partial charge on any atom is 0.397 e. The van der Waals surface area contributed by atoms with Crippen LogP contribution in [0.2, 0.25) is 0 Å². The lowest BCUT2D eigenvalue weighted by molar-refractivity contribution is 0.0698. The number of ether oxygens (including phenoxy) is 1. The van der Waals surface area contributed by atoms with Crippen LogP contribution in [0.1, 0.15) is 15.9 Å². The van der Waals surface area contributed by atoms with Gasteiger partial charge in [0.05, 0.1) is 51.6 Å². The van der Waals surface area contributed by atoms with E-state index < -0.39 is 157 Å². The van der Waals surface area contributed by atoms with E-state index in [2.05, 4.69) is 39.1 Å². The predicted octanol–water partition coefficient (Wildman–Crippen LogP) is 4.75. The number of carboxylic acids is 1. The first-order valence-electron chi connectivity index (χ1n) is 18.6. The minimum atomic E-state index is -5.35. The molecule has 0 saturated heterocycles. The molecule has 10 N–H and O–H groups in total. The number of anilines is 2. The standard InChI is InChI=1S/C35H33N9O21S6/c36-18-63-17-19-1-10-27(68(51,52)53)26(15-19)41-43-32-28(35(45)46)31(29(37)33(30(32)38)44-39-21-3-5-22(6-4-21)66(47,48)13-11-64-70(57,58)59)42-40-25-9-2-20-16-23(7-8-24(20)34(25)69(54,55)56)67(49,50)14-12-65-71(60,61)62/h1-10,15-16,18,36H,11-14,17,37-38H2,(H,45,46)(H,51,52,53)(H,54,55,56)(H,57,58,59)(H,60,61,62). The molecular formula is C35H33N9O21S6. The molecule has 0 bridgehead atoms. The van der Waals surface area contributed by atoms with Gasteiger partial charge in [0.25, 0.3) is 20.2 Å². The minimum absolute atomic E-state index is 0.149. The van der Waals surface area contributed by atoms with Crippen molar-refractivity contribution in [1.82, 2.24) is 0 Å². The van der Waals surface area contributed by atoms with Crippen molar-refractivity contribution in [3.63, 3.8) is 0 Å². The molecule has 0 aliphatic rings. The third kappa shape index (κ3) is 14.2. The summed E-state index contributed by atoms with van der Waals surface area (Å²) in [7, 11) is -29.0. The number of nitrogens with zero attached hydrogens (tertiary/aromatic N) is 6. The van der Waals surface area contributed by atoms with Gasteiger partial charge in [0.15, 0.2) is 26.1 Å². The zero-order valence-corrected chi connectivity index (χ0v) is 40.0. The molecule has 0 fully saturated rings. The number of carbonyl (C=O) groups is 1. The van der Waals surface area contributed by atoms with Crippen molar-refractivity contribution in [2.45, 2.75) is 26.2 Å². The number of nitrogens with one attached hydrogen (secondary N) is 1. The summed E-state index contributed by atoms with van der Waals surface area (Å²) in [5.41, 5.74) is 6.20. The van der Waals surface area contributed by atoms with Crippen molar-refractivity contribution in [3.05, 3.63) is 83.9 Å². The fourth-order valence-electron chi connectivity index (χ4n) is 5.94. The van der Waals surface area contributed by atoms with E-state index in [0.29, 0.717) is 6.40 Å². The van der Waals surface area contributed by atoms with E-state index in [1.807, 2.05) is 0 Å². The van der Waals surface area contributed by atoms with Crippen LogP contribution in [0.15, 0.2) is 123 Å². The van der Waals surface area contributed by atoms with Gasteiger partial charge in [-0.15, -0.1) is 25.6 Å². The van der Waals surface area contributed by atoms with Crippen LogP contribution in [-0.2, 0) is 80.4 Å². The monoisotopic (exact) mass is 1110 g/mol. The fraction of sp³-hybridized carbons (Fsp3) is 0.143. The molecule has 36 heteroatoms. The maximum atomic E-state index is 13.0. The van der Waals surface area contributed by atoms with E-state index in [1.165, 1.54) is 6.07 Å². The van der Waals surface area contributed by atoms with Crippen molar-refractivity contribution < 1.29 is 91.7 Å². The molecule has 0 atom stereocenters. The molecule has 0 aliphatic carbocycles. The quantitative estimate of drug-likeness (QED) is 0.0152. The van der Waals surface area contributed by atoms with Crippen molar-refractivity contribution >= 4 is 129 Å². The fourth-order valence-corrected chi connectivity index (χ4v) is 10.4. The van der Waals surface area contributed by atoms with Gasteiger partial charge in [-0.3, -0.25) is 23.6 Å². The molecular weight excluding hydrogens is 1070 g/mol. The van der Waals surface area contributed by atoms with Gasteiger partial charge < -0.3 is 21.3 Å². The zero-order chi connectivity index (χ0) is 52.9. The molecule has 0 amide bonds. The molecule has 5 aromatic rings. The highest BCUT2D eigenvalue weighted by atomic mass is 32.3.